The van der Waals surface area contributed by atoms with Crippen molar-refractivity contribution in [3.8, 4) is 0 Å². The van der Waals surface area contributed by atoms with E-state index in [-0.39, 0.29) is 17.9 Å². The quantitative estimate of drug-likeness (QED) is 0.864. The van der Waals surface area contributed by atoms with Crippen molar-refractivity contribution in [1.29, 1.82) is 0 Å². The number of aryl methyl sites for hydroxylation is 1. The number of ketones is 1. The summed E-state index contributed by atoms with van der Waals surface area (Å²) in [7, 11) is 0. The molecule has 1 aliphatic rings. The maximum atomic E-state index is 11.6. The van der Waals surface area contributed by atoms with E-state index < -0.39 is 0 Å². The van der Waals surface area contributed by atoms with Gasteiger partial charge in [-0.15, -0.1) is 0 Å². The van der Waals surface area contributed by atoms with E-state index >= 15 is 0 Å². The van der Waals surface area contributed by atoms with Gasteiger partial charge in [0, 0.05) is 19.5 Å². The van der Waals surface area contributed by atoms with Gasteiger partial charge in [-0.3, -0.25) is 4.79 Å². The van der Waals surface area contributed by atoms with Gasteiger partial charge in [0.25, 0.3) is 0 Å². The highest BCUT2D eigenvalue weighted by molar-refractivity contribution is 5.79. The van der Waals surface area contributed by atoms with E-state index in [2.05, 4.69) is 5.32 Å². The van der Waals surface area contributed by atoms with Crippen LogP contribution in [0, 0.1) is 6.92 Å². The number of hydrogen-bond acceptors (Lipinski definition) is 3. The topological polar surface area (TPSA) is 62.6 Å². The molecule has 1 aromatic heterocycles. The summed E-state index contributed by atoms with van der Waals surface area (Å²) < 4.78 is 5.48. The van der Waals surface area contributed by atoms with Crippen molar-refractivity contribution in [2.45, 2.75) is 26.3 Å². The van der Waals surface area contributed by atoms with E-state index in [0.717, 1.165) is 11.5 Å². The first-order chi connectivity index (χ1) is 8.06. The van der Waals surface area contributed by atoms with Crippen molar-refractivity contribution >= 4 is 11.8 Å². The van der Waals surface area contributed by atoms with E-state index in [9.17, 15) is 9.59 Å². The molecule has 0 radical (unpaired) electrons. The monoisotopic (exact) mass is 236 g/mol. The largest absolute Gasteiger partial charge is 0.464 e. The van der Waals surface area contributed by atoms with Gasteiger partial charge >= 0.3 is 6.03 Å². The first kappa shape index (κ1) is 11.7. The Morgan fingerprint density at radius 3 is 2.94 bits per heavy atom. The lowest BCUT2D eigenvalue weighted by Crippen LogP contribution is -2.29. The fourth-order valence-corrected chi connectivity index (χ4v) is 1.88. The molecule has 1 N–H and O–H groups in total. The molecule has 17 heavy (non-hydrogen) atoms. The Morgan fingerprint density at radius 2 is 2.35 bits per heavy atom. The van der Waals surface area contributed by atoms with E-state index in [1.54, 1.807) is 4.90 Å². The van der Waals surface area contributed by atoms with Gasteiger partial charge in [-0.2, -0.15) is 0 Å². The number of nitrogens with one attached hydrogen (secondary N) is 1. The molecule has 0 spiro atoms. The molecule has 1 fully saturated rings. The van der Waals surface area contributed by atoms with Crippen molar-refractivity contribution in [1.82, 2.24) is 10.2 Å². The lowest BCUT2D eigenvalue weighted by atomic mass is 10.2. The van der Waals surface area contributed by atoms with Crippen LogP contribution in [0.5, 0.6) is 0 Å². The zero-order valence-corrected chi connectivity index (χ0v) is 10.0. The van der Waals surface area contributed by atoms with Crippen LogP contribution in [0.25, 0.3) is 0 Å². The zero-order chi connectivity index (χ0) is 12.4. The highest BCUT2D eigenvalue weighted by Gasteiger charge is 2.31. The van der Waals surface area contributed by atoms with Gasteiger partial charge in [0.2, 0.25) is 0 Å². The molecule has 1 aliphatic heterocycles. The Kier molecular flexibility index (Phi) is 3.17. The number of Topliss-reactive ketones (excluding diaryl/α,β-unsaturated/α-hetero) is 1. The summed E-state index contributed by atoms with van der Waals surface area (Å²) in [4.78, 5) is 24.2. The smallest absolute Gasteiger partial charge is 0.318 e. The summed E-state index contributed by atoms with van der Waals surface area (Å²) in [5.41, 5.74) is 0. The predicted octanol–water partition coefficient (Wildman–Crippen LogP) is 1.63. The summed E-state index contributed by atoms with van der Waals surface area (Å²) in [6.07, 6.45) is 0.400. The van der Waals surface area contributed by atoms with Crippen LogP contribution in [-0.4, -0.2) is 29.8 Å². The molecular formula is C12H16N2O3. The molecule has 1 aromatic rings. The van der Waals surface area contributed by atoms with E-state index in [1.165, 1.54) is 6.92 Å². The van der Waals surface area contributed by atoms with E-state index in [4.69, 9.17) is 4.42 Å². The molecule has 5 heteroatoms. The summed E-state index contributed by atoms with van der Waals surface area (Å²) in [6, 6.07) is 3.50. The molecule has 2 rings (SSSR count). The van der Waals surface area contributed by atoms with Crippen LogP contribution >= 0.6 is 0 Å². The molecule has 0 bridgehead atoms. The van der Waals surface area contributed by atoms with Crippen LogP contribution < -0.4 is 5.32 Å². The molecule has 2 amide bonds. The standard InChI is InChI=1S/C12H16N2O3/c1-8(15)5-6-14-7-10(13-12(14)16)11-4-3-9(2)17-11/h3-4,10H,5-7H2,1-2H3,(H,13,16). The molecule has 0 saturated carbocycles. The average molecular weight is 236 g/mol. The second-order valence-electron chi connectivity index (χ2n) is 4.35. The third-order valence-corrected chi connectivity index (χ3v) is 2.83. The minimum atomic E-state index is -0.134. The molecule has 1 unspecified atom stereocenters. The Hall–Kier alpha value is -1.78. The van der Waals surface area contributed by atoms with Crippen LogP contribution in [0.15, 0.2) is 16.5 Å². The van der Waals surface area contributed by atoms with Gasteiger partial charge in [0.1, 0.15) is 23.3 Å². The van der Waals surface area contributed by atoms with Crippen molar-refractivity contribution in [2.75, 3.05) is 13.1 Å². The number of carbonyl (C=O) groups is 2. The van der Waals surface area contributed by atoms with Gasteiger partial charge < -0.3 is 14.6 Å². The van der Waals surface area contributed by atoms with Crippen molar-refractivity contribution in [3.63, 3.8) is 0 Å². The second-order valence-corrected chi connectivity index (χ2v) is 4.35. The summed E-state index contributed by atoms with van der Waals surface area (Å²) in [5.74, 6) is 1.69. The Morgan fingerprint density at radius 1 is 1.59 bits per heavy atom. The van der Waals surface area contributed by atoms with Crippen LogP contribution in [0.2, 0.25) is 0 Å². The minimum absolute atomic E-state index is 0.0927. The molecular weight excluding hydrogens is 220 g/mol. The molecule has 1 saturated heterocycles. The lowest BCUT2D eigenvalue weighted by Gasteiger charge is -2.12. The van der Waals surface area contributed by atoms with Crippen LogP contribution in [0.1, 0.15) is 30.9 Å². The van der Waals surface area contributed by atoms with E-state index in [0.29, 0.717) is 19.5 Å². The zero-order valence-electron chi connectivity index (χ0n) is 10.0. The minimum Gasteiger partial charge on any atom is -0.464 e. The normalized spacial score (nSPS) is 19.5. The van der Waals surface area contributed by atoms with Gasteiger partial charge in [0.05, 0.1) is 0 Å². The maximum Gasteiger partial charge on any atom is 0.318 e. The molecule has 2 heterocycles. The van der Waals surface area contributed by atoms with Crippen LogP contribution in [0.3, 0.4) is 0 Å². The number of urea groups is 1. The summed E-state index contributed by atoms with van der Waals surface area (Å²) in [5, 5.41) is 2.84. The first-order valence-electron chi connectivity index (χ1n) is 5.67. The predicted molar refractivity (Wildman–Crippen MR) is 61.6 cm³/mol. The number of amides is 2. The third-order valence-electron chi connectivity index (χ3n) is 2.83. The second kappa shape index (κ2) is 4.61. The number of nitrogens with zero attached hydrogens (tertiary/aromatic N) is 1. The van der Waals surface area contributed by atoms with Crippen molar-refractivity contribution in [2.24, 2.45) is 0 Å². The van der Waals surface area contributed by atoms with Gasteiger partial charge in [-0.1, -0.05) is 0 Å². The molecule has 0 aliphatic carbocycles. The van der Waals surface area contributed by atoms with Crippen LogP contribution in [0.4, 0.5) is 4.79 Å². The third kappa shape index (κ3) is 2.67. The Balaban J connectivity index is 1.97. The maximum absolute atomic E-state index is 11.6. The number of carbonyl (C=O) groups excluding carboxylic acids is 2. The first-order valence-corrected chi connectivity index (χ1v) is 5.67. The van der Waals surface area contributed by atoms with Crippen LogP contribution in [-0.2, 0) is 4.79 Å². The fourth-order valence-electron chi connectivity index (χ4n) is 1.88. The summed E-state index contributed by atoms with van der Waals surface area (Å²) >= 11 is 0. The molecule has 92 valence electrons. The fraction of sp³-hybridized carbons (Fsp3) is 0.500. The Labute approximate surface area is 99.8 Å². The van der Waals surface area contributed by atoms with Crippen molar-refractivity contribution in [3.05, 3.63) is 23.7 Å². The lowest BCUT2D eigenvalue weighted by molar-refractivity contribution is -0.117. The molecule has 5 nitrogen and oxygen atoms in total. The molecule has 1 atom stereocenters. The van der Waals surface area contributed by atoms with Crippen molar-refractivity contribution < 1.29 is 14.0 Å². The highest BCUT2D eigenvalue weighted by atomic mass is 16.3. The van der Waals surface area contributed by atoms with Gasteiger partial charge in [0.15, 0.2) is 0 Å². The number of hydrogen-bond donors (Lipinski definition) is 1. The van der Waals surface area contributed by atoms with Gasteiger partial charge in [-0.05, 0) is 26.0 Å². The average Bonchev–Trinajstić information content (AvgIpc) is 2.82. The molecule has 0 aromatic carbocycles. The highest BCUT2D eigenvalue weighted by Crippen LogP contribution is 2.22. The van der Waals surface area contributed by atoms with Gasteiger partial charge in [-0.25, -0.2) is 4.79 Å². The number of furan rings is 1. The SMILES string of the molecule is CC(=O)CCN1CC(c2ccc(C)o2)NC1=O. The van der Waals surface area contributed by atoms with E-state index in [1.807, 2.05) is 19.1 Å². The summed E-state index contributed by atoms with van der Waals surface area (Å²) in [6.45, 7) is 4.42. The Bertz CT molecular complexity index is 439. The number of rotatable bonds is 4.